The van der Waals surface area contributed by atoms with Crippen LogP contribution in [0.2, 0.25) is 5.02 Å². The number of hydrogen-bond donors (Lipinski definition) is 0. The summed E-state index contributed by atoms with van der Waals surface area (Å²) in [4.78, 5) is 2.27. The maximum Gasteiger partial charge on any atom is 0.247 e. The van der Waals surface area contributed by atoms with Crippen molar-refractivity contribution in [2.24, 2.45) is 5.92 Å². The molecular formula is C29H25ClF2N4O. The van der Waals surface area contributed by atoms with Gasteiger partial charge in [-0.25, -0.2) is 8.78 Å². The lowest BCUT2D eigenvalue weighted by molar-refractivity contribution is 0.00810. The Bertz CT molecular complexity index is 1420. The van der Waals surface area contributed by atoms with Crippen molar-refractivity contribution in [2.75, 3.05) is 13.1 Å². The van der Waals surface area contributed by atoms with E-state index in [0.29, 0.717) is 29.6 Å². The number of hydrogen-bond acceptors (Lipinski definition) is 5. The van der Waals surface area contributed by atoms with Gasteiger partial charge in [0.2, 0.25) is 12.3 Å². The van der Waals surface area contributed by atoms with Crippen LogP contribution in [0.3, 0.4) is 0 Å². The maximum atomic E-state index is 15.6. The second-order valence-corrected chi connectivity index (χ2v) is 10.4. The van der Waals surface area contributed by atoms with Crippen LogP contribution in [0.4, 0.5) is 8.78 Å². The van der Waals surface area contributed by atoms with E-state index >= 15 is 4.39 Å². The first kappa shape index (κ1) is 25.1. The van der Waals surface area contributed by atoms with Gasteiger partial charge < -0.3 is 4.42 Å². The Hall–Kier alpha value is -3.60. The van der Waals surface area contributed by atoms with Crippen LogP contribution in [0.15, 0.2) is 77.5 Å². The van der Waals surface area contributed by atoms with Gasteiger partial charge in [-0.1, -0.05) is 41.9 Å². The van der Waals surface area contributed by atoms with Gasteiger partial charge in [0.1, 0.15) is 11.5 Å². The third-order valence-corrected chi connectivity index (χ3v) is 7.23. The largest absolute Gasteiger partial charge is 0.423 e. The van der Waals surface area contributed by atoms with Crippen molar-refractivity contribution in [1.82, 2.24) is 15.1 Å². The van der Waals surface area contributed by atoms with Gasteiger partial charge in [-0.05, 0) is 72.9 Å². The van der Waals surface area contributed by atoms with E-state index < -0.39 is 17.4 Å². The van der Waals surface area contributed by atoms with Crippen LogP contribution in [0, 0.1) is 23.1 Å². The molecule has 8 heteroatoms. The van der Waals surface area contributed by atoms with E-state index in [1.807, 2.05) is 54.6 Å². The van der Waals surface area contributed by atoms with Crippen molar-refractivity contribution in [1.29, 1.82) is 5.26 Å². The molecule has 2 atom stereocenters. The lowest BCUT2D eigenvalue weighted by Crippen LogP contribution is -2.54. The topological polar surface area (TPSA) is 66.0 Å². The Labute approximate surface area is 219 Å². The van der Waals surface area contributed by atoms with Crippen LogP contribution in [0.1, 0.15) is 48.1 Å². The fourth-order valence-electron chi connectivity index (χ4n) is 5.45. The molecule has 0 aliphatic carbocycles. The predicted molar refractivity (Wildman–Crippen MR) is 137 cm³/mol. The third-order valence-electron chi connectivity index (χ3n) is 6.98. The first-order valence-corrected chi connectivity index (χ1v) is 12.4. The highest BCUT2D eigenvalue weighted by Crippen LogP contribution is 2.46. The van der Waals surface area contributed by atoms with Crippen LogP contribution in [0.5, 0.6) is 0 Å². The summed E-state index contributed by atoms with van der Waals surface area (Å²) in [7, 11) is 0. The molecule has 37 heavy (non-hydrogen) atoms. The molecule has 1 saturated heterocycles. The summed E-state index contributed by atoms with van der Waals surface area (Å²) in [5, 5.41) is 18.1. The fourth-order valence-corrected chi connectivity index (χ4v) is 5.58. The van der Waals surface area contributed by atoms with E-state index in [2.05, 4.69) is 15.1 Å². The summed E-state index contributed by atoms with van der Waals surface area (Å²) in [6, 6.07) is 21.6. The van der Waals surface area contributed by atoms with Crippen LogP contribution < -0.4 is 0 Å². The van der Waals surface area contributed by atoms with Crippen molar-refractivity contribution in [3.05, 3.63) is 106 Å². The number of nitrogens with zero attached hydrogens (tertiary/aromatic N) is 4. The van der Waals surface area contributed by atoms with Crippen LogP contribution in [0.25, 0.3) is 11.5 Å². The molecule has 0 amide bonds. The maximum absolute atomic E-state index is 15.6. The summed E-state index contributed by atoms with van der Waals surface area (Å²) >= 11 is 6.17. The van der Waals surface area contributed by atoms with E-state index in [1.165, 1.54) is 32.4 Å². The van der Waals surface area contributed by atoms with Crippen molar-refractivity contribution in [3.63, 3.8) is 0 Å². The monoisotopic (exact) mass is 518 g/mol. The number of halogens is 3. The Morgan fingerprint density at radius 1 is 1.08 bits per heavy atom. The zero-order valence-electron chi connectivity index (χ0n) is 20.4. The number of nitriles is 1. The number of alkyl halides is 1. The molecule has 1 aromatic heterocycles. The highest BCUT2D eigenvalue weighted by molar-refractivity contribution is 6.30. The number of rotatable bonds is 7. The van der Waals surface area contributed by atoms with E-state index in [4.69, 9.17) is 16.0 Å². The van der Waals surface area contributed by atoms with Crippen LogP contribution in [-0.4, -0.2) is 33.9 Å². The normalized spacial score (nSPS) is 16.1. The lowest BCUT2D eigenvalue weighted by atomic mass is 9.71. The molecule has 1 aliphatic heterocycles. The molecule has 188 valence electrons. The smallest absolute Gasteiger partial charge is 0.247 e. The summed E-state index contributed by atoms with van der Waals surface area (Å²) in [5.74, 6) is -0.700. The second kappa shape index (κ2) is 10.0. The molecule has 5 nitrogen and oxygen atoms in total. The van der Waals surface area contributed by atoms with Gasteiger partial charge in [-0.2, -0.15) is 5.26 Å². The number of aromatic nitrogens is 2. The summed E-state index contributed by atoms with van der Waals surface area (Å²) < 4.78 is 34.8. The van der Waals surface area contributed by atoms with Crippen LogP contribution in [-0.2, 0) is 0 Å². The lowest BCUT2D eigenvalue weighted by Gasteiger charge is -2.50. The average molecular weight is 519 g/mol. The molecule has 0 saturated carbocycles. The van der Waals surface area contributed by atoms with Gasteiger partial charge in [0.25, 0.3) is 0 Å². The highest BCUT2D eigenvalue weighted by atomic mass is 35.5. The van der Waals surface area contributed by atoms with E-state index in [0.717, 1.165) is 16.7 Å². The molecule has 5 rings (SSSR count). The minimum absolute atomic E-state index is 0.0634. The molecule has 0 bridgehead atoms. The Morgan fingerprint density at radius 2 is 1.84 bits per heavy atom. The quantitative estimate of drug-likeness (QED) is 0.265. The average Bonchev–Trinajstić information content (AvgIpc) is 3.39. The molecule has 0 unspecified atom stereocenters. The molecule has 0 radical (unpaired) electrons. The van der Waals surface area contributed by atoms with E-state index in [-0.39, 0.29) is 17.5 Å². The molecule has 2 heterocycles. The Balaban J connectivity index is 1.48. The highest BCUT2D eigenvalue weighted by Gasteiger charge is 2.46. The third kappa shape index (κ3) is 5.13. The van der Waals surface area contributed by atoms with Gasteiger partial charge in [0.05, 0.1) is 17.7 Å². The fraction of sp³-hybridized carbons (Fsp3) is 0.276. The second-order valence-electron chi connectivity index (χ2n) is 9.92. The standard InChI is InChI=1S/C29H25ClF2N4O/c1-29(2,32)26(25-11-10-24(31)13-21(25)14-33)22-15-36(16-22)27(18-6-8-23(30)9-7-18)19-4-3-5-20(12-19)28-35-34-17-37-28/h3-13,17,22,26-27H,15-16H2,1-2H3/t26-,27-/m0/s1. The molecule has 4 aromatic rings. The van der Waals surface area contributed by atoms with Crippen molar-refractivity contribution in [2.45, 2.75) is 31.5 Å². The van der Waals surface area contributed by atoms with E-state index in [9.17, 15) is 9.65 Å². The van der Waals surface area contributed by atoms with E-state index in [1.54, 1.807) is 6.07 Å². The van der Waals surface area contributed by atoms with Crippen molar-refractivity contribution >= 4 is 11.6 Å². The molecule has 0 N–H and O–H groups in total. The first-order chi connectivity index (χ1) is 17.7. The Morgan fingerprint density at radius 3 is 2.49 bits per heavy atom. The van der Waals surface area contributed by atoms with Crippen molar-refractivity contribution < 1.29 is 13.2 Å². The van der Waals surface area contributed by atoms with Crippen molar-refractivity contribution in [3.8, 4) is 17.5 Å². The molecule has 3 aromatic carbocycles. The van der Waals surface area contributed by atoms with Gasteiger partial charge >= 0.3 is 0 Å². The van der Waals surface area contributed by atoms with Gasteiger partial charge in [0.15, 0.2) is 0 Å². The summed E-state index contributed by atoms with van der Waals surface area (Å²) in [6.45, 7) is 4.24. The molecule has 1 fully saturated rings. The molecular weight excluding hydrogens is 494 g/mol. The SMILES string of the molecule is CC(C)(F)[C@H](c1ccc(F)cc1C#N)C1CN([C@@H](c2ccc(Cl)cc2)c2cccc(-c3nnco3)c2)C1. The number of likely N-dealkylation sites (tertiary alicyclic amines) is 1. The Kier molecular flexibility index (Phi) is 6.80. The number of benzene rings is 3. The zero-order chi connectivity index (χ0) is 26.2. The molecule has 0 spiro atoms. The predicted octanol–water partition coefficient (Wildman–Crippen LogP) is 6.95. The minimum atomic E-state index is -1.60. The summed E-state index contributed by atoms with van der Waals surface area (Å²) in [5.41, 5.74) is 1.98. The minimum Gasteiger partial charge on any atom is -0.423 e. The van der Waals surface area contributed by atoms with Crippen LogP contribution >= 0.6 is 11.6 Å². The van der Waals surface area contributed by atoms with Gasteiger partial charge in [0, 0.05) is 29.6 Å². The summed E-state index contributed by atoms with van der Waals surface area (Å²) in [6.07, 6.45) is 1.29. The first-order valence-electron chi connectivity index (χ1n) is 12.0. The van der Waals surface area contributed by atoms with Gasteiger partial charge in [-0.15, -0.1) is 10.2 Å². The zero-order valence-corrected chi connectivity index (χ0v) is 21.2. The molecule has 1 aliphatic rings. The van der Waals surface area contributed by atoms with Gasteiger partial charge in [-0.3, -0.25) is 4.90 Å².